The van der Waals surface area contributed by atoms with Gasteiger partial charge in [0.25, 0.3) is 0 Å². The van der Waals surface area contributed by atoms with Crippen LogP contribution < -0.4 is 10.6 Å². The van der Waals surface area contributed by atoms with E-state index in [2.05, 4.69) is 10.6 Å². The quantitative estimate of drug-likeness (QED) is 0.614. The van der Waals surface area contributed by atoms with Crippen LogP contribution in [0.15, 0.2) is 0 Å². The van der Waals surface area contributed by atoms with Crippen LogP contribution in [0.1, 0.15) is 13.8 Å². The Morgan fingerprint density at radius 2 is 2.00 bits per heavy atom. The summed E-state index contributed by atoms with van der Waals surface area (Å²) < 4.78 is 5.13. The van der Waals surface area contributed by atoms with Crippen LogP contribution in [0.25, 0.3) is 0 Å². The molecule has 0 bridgehead atoms. The summed E-state index contributed by atoms with van der Waals surface area (Å²) in [6.45, 7) is 3.90. The molecule has 0 aliphatic carbocycles. The van der Waals surface area contributed by atoms with Gasteiger partial charge >= 0.3 is 12.0 Å². The number of ether oxygens (including phenoxy) is 1. The molecule has 1 rings (SSSR count). The van der Waals surface area contributed by atoms with Gasteiger partial charge in [0.1, 0.15) is 0 Å². The summed E-state index contributed by atoms with van der Waals surface area (Å²) in [5.74, 6) is -2.09. The summed E-state index contributed by atoms with van der Waals surface area (Å²) in [7, 11) is 1.63. The standard InChI is InChI=1S/C12H21N3O5/c1-7(2)13-12(19)14-10(16)4-15(3)9-6-20-5-8(9)11(17)18/h7-9H,4-6H2,1-3H3,(H,17,18)(H2,13,14,16,19). The zero-order valence-corrected chi connectivity index (χ0v) is 11.9. The van der Waals surface area contributed by atoms with Crippen LogP contribution in [0.4, 0.5) is 4.79 Å². The molecule has 8 nitrogen and oxygen atoms in total. The number of nitrogens with zero attached hydrogens (tertiary/aromatic N) is 1. The Kier molecular flexibility index (Phi) is 5.90. The normalized spacial score (nSPS) is 22.1. The lowest BCUT2D eigenvalue weighted by molar-refractivity contribution is -0.143. The van der Waals surface area contributed by atoms with Gasteiger partial charge in [-0.3, -0.25) is 19.8 Å². The molecule has 2 atom stereocenters. The Bertz CT molecular complexity index is 385. The second kappa shape index (κ2) is 7.20. The van der Waals surface area contributed by atoms with Crippen molar-refractivity contribution in [1.82, 2.24) is 15.5 Å². The van der Waals surface area contributed by atoms with Crippen molar-refractivity contribution in [2.45, 2.75) is 25.9 Å². The van der Waals surface area contributed by atoms with E-state index in [0.717, 1.165) is 0 Å². The maximum absolute atomic E-state index is 11.7. The predicted molar refractivity (Wildman–Crippen MR) is 70.2 cm³/mol. The third kappa shape index (κ3) is 4.78. The van der Waals surface area contributed by atoms with Crippen LogP contribution >= 0.6 is 0 Å². The van der Waals surface area contributed by atoms with E-state index >= 15 is 0 Å². The van der Waals surface area contributed by atoms with Gasteiger partial charge < -0.3 is 15.2 Å². The number of hydrogen-bond donors (Lipinski definition) is 3. The van der Waals surface area contributed by atoms with Gasteiger partial charge in [-0.25, -0.2) is 4.79 Å². The topological polar surface area (TPSA) is 108 Å². The van der Waals surface area contributed by atoms with Gasteiger partial charge in [-0.15, -0.1) is 0 Å². The van der Waals surface area contributed by atoms with E-state index in [1.165, 1.54) is 0 Å². The molecular formula is C12H21N3O5. The fraction of sp³-hybridized carbons (Fsp3) is 0.750. The number of hydrogen-bond acceptors (Lipinski definition) is 5. The number of carboxylic acid groups (broad SMARTS) is 1. The van der Waals surface area contributed by atoms with Gasteiger partial charge in [-0.2, -0.15) is 0 Å². The summed E-state index contributed by atoms with van der Waals surface area (Å²) in [4.78, 5) is 35.7. The van der Waals surface area contributed by atoms with Gasteiger partial charge in [0, 0.05) is 12.1 Å². The number of urea groups is 1. The summed E-state index contributed by atoms with van der Waals surface area (Å²) in [5, 5.41) is 13.8. The molecule has 1 fully saturated rings. The van der Waals surface area contributed by atoms with E-state index in [9.17, 15) is 14.4 Å². The lowest BCUT2D eigenvalue weighted by Crippen LogP contribution is -2.49. The molecule has 1 heterocycles. The van der Waals surface area contributed by atoms with Crippen molar-refractivity contribution in [3.8, 4) is 0 Å². The zero-order valence-electron chi connectivity index (χ0n) is 11.9. The Balaban J connectivity index is 2.45. The van der Waals surface area contributed by atoms with E-state index in [1.807, 2.05) is 0 Å². The Hall–Kier alpha value is -1.67. The predicted octanol–water partition coefficient (Wildman–Crippen LogP) is -0.748. The summed E-state index contributed by atoms with van der Waals surface area (Å²) >= 11 is 0. The van der Waals surface area contributed by atoms with Gasteiger partial charge in [-0.05, 0) is 20.9 Å². The van der Waals surface area contributed by atoms with Crippen molar-refractivity contribution in [2.75, 3.05) is 26.8 Å². The molecule has 8 heteroatoms. The molecule has 0 aromatic heterocycles. The van der Waals surface area contributed by atoms with Crippen molar-refractivity contribution >= 4 is 17.9 Å². The highest BCUT2D eigenvalue weighted by molar-refractivity contribution is 5.95. The molecule has 0 saturated carbocycles. The van der Waals surface area contributed by atoms with Crippen LogP contribution in [-0.4, -0.2) is 66.8 Å². The van der Waals surface area contributed by atoms with Crippen molar-refractivity contribution in [2.24, 2.45) is 5.92 Å². The average Bonchev–Trinajstić information content (AvgIpc) is 2.75. The van der Waals surface area contributed by atoms with E-state index in [1.54, 1.807) is 25.8 Å². The Labute approximate surface area is 117 Å². The highest BCUT2D eigenvalue weighted by Crippen LogP contribution is 2.18. The Morgan fingerprint density at radius 3 is 2.55 bits per heavy atom. The fourth-order valence-electron chi connectivity index (χ4n) is 2.02. The molecule has 0 aromatic carbocycles. The number of carbonyl (C=O) groups is 3. The molecule has 2 unspecified atom stereocenters. The molecule has 3 amide bonds. The molecule has 20 heavy (non-hydrogen) atoms. The fourth-order valence-corrected chi connectivity index (χ4v) is 2.02. The first-order valence-corrected chi connectivity index (χ1v) is 6.42. The Morgan fingerprint density at radius 1 is 1.35 bits per heavy atom. The lowest BCUT2D eigenvalue weighted by atomic mass is 10.0. The number of aliphatic carboxylic acids is 1. The average molecular weight is 287 g/mol. The molecular weight excluding hydrogens is 266 g/mol. The number of imide groups is 1. The highest BCUT2D eigenvalue weighted by atomic mass is 16.5. The number of amides is 3. The minimum atomic E-state index is -0.947. The number of rotatable bonds is 5. The first kappa shape index (κ1) is 16.4. The maximum Gasteiger partial charge on any atom is 0.321 e. The van der Waals surface area contributed by atoms with E-state index in [-0.39, 0.29) is 31.8 Å². The van der Waals surface area contributed by atoms with E-state index in [4.69, 9.17) is 9.84 Å². The van der Waals surface area contributed by atoms with Gasteiger partial charge in [-0.1, -0.05) is 0 Å². The van der Waals surface area contributed by atoms with Gasteiger partial charge in [0.2, 0.25) is 5.91 Å². The lowest BCUT2D eigenvalue weighted by Gasteiger charge is -2.25. The van der Waals surface area contributed by atoms with Crippen molar-refractivity contribution < 1.29 is 24.2 Å². The molecule has 1 aliphatic heterocycles. The molecule has 0 aromatic rings. The summed E-state index contributed by atoms with van der Waals surface area (Å²) in [5.41, 5.74) is 0. The van der Waals surface area contributed by atoms with E-state index < -0.39 is 23.8 Å². The van der Waals surface area contributed by atoms with Crippen molar-refractivity contribution in [3.05, 3.63) is 0 Å². The first-order valence-electron chi connectivity index (χ1n) is 6.42. The minimum absolute atomic E-state index is 0.0661. The number of nitrogens with one attached hydrogen (secondary N) is 2. The minimum Gasteiger partial charge on any atom is -0.481 e. The van der Waals surface area contributed by atoms with Crippen molar-refractivity contribution in [3.63, 3.8) is 0 Å². The largest absolute Gasteiger partial charge is 0.481 e. The summed E-state index contributed by atoms with van der Waals surface area (Å²) in [6, 6.07) is -0.998. The molecule has 1 aliphatic rings. The second-order valence-electron chi connectivity index (χ2n) is 5.14. The first-order chi connectivity index (χ1) is 9.31. The zero-order chi connectivity index (χ0) is 15.3. The molecule has 3 N–H and O–H groups in total. The van der Waals surface area contributed by atoms with Crippen molar-refractivity contribution in [1.29, 1.82) is 0 Å². The second-order valence-corrected chi connectivity index (χ2v) is 5.14. The van der Waals surface area contributed by atoms with Gasteiger partial charge in [0.15, 0.2) is 0 Å². The number of carbonyl (C=O) groups excluding carboxylic acids is 2. The maximum atomic E-state index is 11.7. The number of carboxylic acids is 1. The molecule has 0 radical (unpaired) electrons. The van der Waals surface area contributed by atoms with Crippen LogP contribution in [0.5, 0.6) is 0 Å². The smallest absolute Gasteiger partial charge is 0.321 e. The SMILES string of the molecule is CC(C)NC(=O)NC(=O)CN(C)C1COCC1C(=O)O. The van der Waals surface area contributed by atoms with Crippen LogP contribution in [0.2, 0.25) is 0 Å². The van der Waals surface area contributed by atoms with Crippen LogP contribution in [0.3, 0.4) is 0 Å². The molecule has 114 valence electrons. The monoisotopic (exact) mass is 287 g/mol. The summed E-state index contributed by atoms with van der Waals surface area (Å²) in [6.07, 6.45) is 0. The number of likely N-dealkylation sites (N-methyl/N-ethyl adjacent to an activating group) is 1. The van der Waals surface area contributed by atoms with Crippen LogP contribution in [0, 0.1) is 5.92 Å². The molecule has 0 spiro atoms. The van der Waals surface area contributed by atoms with E-state index in [0.29, 0.717) is 0 Å². The third-order valence-electron chi connectivity index (χ3n) is 3.00. The molecule has 1 saturated heterocycles. The third-order valence-corrected chi connectivity index (χ3v) is 3.00. The highest BCUT2D eigenvalue weighted by Gasteiger charge is 2.37. The van der Waals surface area contributed by atoms with Gasteiger partial charge in [0.05, 0.1) is 25.7 Å². The van der Waals surface area contributed by atoms with Crippen LogP contribution in [-0.2, 0) is 14.3 Å².